The molecule has 0 aliphatic heterocycles. The summed E-state index contributed by atoms with van der Waals surface area (Å²) in [6.45, 7) is 2.10. The molecular weight excluding hydrogens is 400 g/mol. The number of rotatable bonds is 5. The topological polar surface area (TPSA) is 62.2 Å². The van der Waals surface area contributed by atoms with Crippen molar-refractivity contribution in [3.8, 4) is 12.3 Å². The summed E-state index contributed by atoms with van der Waals surface area (Å²) in [4.78, 5) is 16.8. The van der Waals surface area contributed by atoms with Crippen molar-refractivity contribution in [3.05, 3.63) is 45.4 Å². The van der Waals surface area contributed by atoms with E-state index in [1.54, 1.807) is 0 Å². The van der Waals surface area contributed by atoms with Crippen LogP contribution in [0.4, 0.5) is 5.13 Å². The van der Waals surface area contributed by atoms with Crippen molar-refractivity contribution in [1.82, 2.24) is 4.98 Å². The van der Waals surface area contributed by atoms with Crippen LogP contribution >= 0.6 is 27.3 Å². The van der Waals surface area contributed by atoms with E-state index in [0.29, 0.717) is 5.13 Å². The van der Waals surface area contributed by atoms with E-state index in [1.165, 1.54) is 11.3 Å². The molecule has 0 unspecified atom stereocenters. The normalized spacial score (nSPS) is 21.7. The zero-order valence-corrected chi connectivity index (χ0v) is 16.2. The monoisotopic (exact) mass is 418 g/mol. The Bertz CT molecular complexity index is 806. The van der Waals surface area contributed by atoms with E-state index in [2.05, 4.69) is 32.2 Å². The van der Waals surface area contributed by atoms with E-state index in [1.807, 2.05) is 36.6 Å². The Balaban J connectivity index is 1.74. The molecule has 4 nitrogen and oxygen atoms in total. The fourth-order valence-electron chi connectivity index (χ4n) is 2.96. The molecule has 6 heteroatoms. The van der Waals surface area contributed by atoms with Gasteiger partial charge in [-0.2, -0.15) is 0 Å². The fraction of sp³-hybridized carbons (Fsp3) is 0.368. The number of hydrogen-bond donors (Lipinski definition) is 2. The number of amides is 1. The van der Waals surface area contributed by atoms with E-state index < -0.39 is 5.41 Å². The lowest BCUT2D eigenvalue weighted by atomic mass is 9.75. The van der Waals surface area contributed by atoms with Crippen LogP contribution in [0.15, 0.2) is 34.1 Å². The van der Waals surface area contributed by atoms with Crippen molar-refractivity contribution in [3.63, 3.8) is 0 Å². The number of hydrogen-bond acceptors (Lipinski definition) is 4. The molecule has 0 bridgehead atoms. The van der Waals surface area contributed by atoms with E-state index >= 15 is 0 Å². The van der Waals surface area contributed by atoms with E-state index in [-0.39, 0.29) is 24.3 Å². The van der Waals surface area contributed by atoms with Crippen LogP contribution in [0.1, 0.15) is 31.0 Å². The number of benzene rings is 1. The molecule has 1 aromatic heterocycles. The predicted octanol–water partition coefficient (Wildman–Crippen LogP) is 3.80. The summed E-state index contributed by atoms with van der Waals surface area (Å²) < 4.78 is 0.989. The molecule has 1 aliphatic carbocycles. The number of aromatic nitrogens is 1. The number of halogens is 1. The lowest BCUT2D eigenvalue weighted by Crippen LogP contribution is -2.36. The Morgan fingerprint density at radius 1 is 1.48 bits per heavy atom. The van der Waals surface area contributed by atoms with E-state index in [4.69, 9.17) is 11.5 Å². The molecule has 1 amide bonds. The third kappa shape index (κ3) is 3.64. The summed E-state index contributed by atoms with van der Waals surface area (Å²) in [6.07, 6.45) is 7.30. The number of terminal acetylenes is 1. The zero-order chi connectivity index (χ0) is 18.0. The number of thiazole rings is 1. The highest BCUT2D eigenvalue weighted by Crippen LogP contribution is 2.36. The quantitative estimate of drug-likeness (QED) is 0.725. The maximum absolute atomic E-state index is 12.2. The Kier molecular flexibility index (Phi) is 5.28. The van der Waals surface area contributed by atoms with Crippen molar-refractivity contribution in [1.29, 1.82) is 0 Å². The van der Waals surface area contributed by atoms with Crippen molar-refractivity contribution in [2.75, 3.05) is 11.9 Å². The second-order valence-electron chi connectivity index (χ2n) is 6.52. The van der Waals surface area contributed by atoms with Gasteiger partial charge < -0.3 is 10.4 Å². The Labute approximate surface area is 159 Å². The van der Waals surface area contributed by atoms with Crippen LogP contribution in [0, 0.1) is 24.2 Å². The van der Waals surface area contributed by atoms with Gasteiger partial charge in [-0.1, -0.05) is 34.0 Å². The van der Waals surface area contributed by atoms with Crippen LogP contribution in [-0.4, -0.2) is 22.6 Å². The third-order valence-electron chi connectivity index (χ3n) is 4.82. The highest BCUT2D eigenvalue weighted by Gasteiger charge is 2.35. The summed E-state index contributed by atoms with van der Waals surface area (Å²) in [6, 6.07) is 7.86. The molecule has 1 heterocycles. The van der Waals surface area contributed by atoms with Crippen molar-refractivity contribution in [2.24, 2.45) is 11.8 Å². The molecule has 0 spiro atoms. The van der Waals surface area contributed by atoms with Crippen molar-refractivity contribution in [2.45, 2.75) is 25.2 Å². The van der Waals surface area contributed by atoms with Crippen LogP contribution in [-0.2, 0) is 10.2 Å². The predicted molar refractivity (Wildman–Crippen MR) is 103 cm³/mol. The minimum Gasteiger partial charge on any atom is -0.396 e. The summed E-state index contributed by atoms with van der Waals surface area (Å²) >= 11 is 4.81. The molecule has 0 radical (unpaired) electrons. The Morgan fingerprint density at radius 2 is 2.16 bits per heavy atom. The molecule has 1 aromatic carbocycles. The standard InChI is InChI=1S/C19H19BrN2O2S/c1-3-19(2,14-4-6-15(20)7-5-14)16-11-25-18(21-16)22-17(24)13-8-12(9-13)10-23/h1,4-7,11-13,23H,8-10H2,2H3,(H,21,22,24)/t12-,13+,19-/m0/s1. The lowest BCUT2D eigenvalue weighted by Gasteiger charge is -2.32. The molecular formula is C19H19BrN2O2S. The molecule has 1 atom stereocenters. The molecule has 1 saturated carbocycles. The van der Waals surface area contributed by atoms with Gasteiger partial charge in [0.05, 0.1) is 11.1 Å². The van der Waals surface area contributed by atoms with Crippen LogP contribution in [0.5, 0.6) is 0 Å². The molecule has 3 rings (SSSR count). The summed E-state index contributed by atoms with van der Waals surface area (Å²) in [5.74, 6) is 3.04. The summed E-state index contributed by atoms with van der Waals surface area (Å²) in [5.41, 5.74) is 1.07. The van der Waals surface area contributed by atoms with Gasteiger partial charge in [-0.15, -0.1) is 17.8 Å². The van der Waals surface area contributed by atoms with Gasteiger partial charge in [-0.3, -0.25) is 4.79 Å². The first-order chi connectivity index (χ1) is 12.0. The first-order valence-electron chi connectivity index (χ1n) is 8.08. The number of nitrogens with one attached hydrogen (secondary N) is 1. The maximum atomic E-state index is 12.2. The first kappa shape index (κ1) is 18.1. The highest BCUT2D eigenvalue weighted by molar-refractivity contribution is 9.10. The van der Waals surface area contributed by atoms with Gasteiger partial charge in [-0.25, -0.2) is 4.98 Å². The minimum atomic E-state index is -0.654. The van der Waals surface area contributed by atoms with Crippen LogP contribution in [0.2, 0.25) is 0 Å². The van der Waals surface area contributed by atoms with Gasteiger partial charge >= 0.3 is 0 Å². The molecule has 130 valence electrons. The number of anilines is 1. The summed E-state index contributed by atoms with van der Waals surface area (Å²) in [7, 11) is 0. The van der Waals surface area contributed by atoms with Crippen molar-refractivity contribution >= 4 is 38.3 Å². The molecule has 0 saturated heterocycles. The van der Waals surface area contributed by atoms with E-state index in [0.717, 1.165) is 28.6 Å². The van der Waals surface area contributed by atoms with Crippen molar-refractivity contribution < 1.29 is 9.90 Å². The van der Waals surface area contributed by atoms with Gasteiger partial charge in [0.1, 0.15) is 0 Å². The van der Waals surface area contributed by atoms with Crippen LogP contribution in [0.25, 0.3) is 0 Å². The lowest BCUT2D eigenvalue weighted by molar-refractivity contribution is -0.124. The second-order valence-corrected chi connectivity index (χ2v) is 8.29. The summed E-state index contributed by atoms with van der Waals surface area (Å²) in [5, 5.41) is 14.4. The van der Waals surface area contributed by atoms with Crippen LogP contribution in [0.3, 0.4) is 0 Å². The zero-order valence-electron chi connectivity index (χ0n) is 13.8. The number of carbonyl (C=O) groups is 1. The molecule has 1 fully saturated rings. The maximum Gasteiger partial charge on any atom is 0.229 e. The molecule has 1 aliphatic rings. The van der Waals surface area contributed by atoms with Gasteiger partial charge in [0, 0.05) is 22.4 Å². The van der Waals surface area contributed by atoms with E-state index in [9.17, 15) is 4.79 Å². The van der Waals surface area contributed by atoms with Gasteiger partial charge in [-0.05, 0) is 43.4 Å². The molecule has 25 heavy (non-hydrogen) atoms. The van der Waals surface area contributed by atoms with Gasteiger partial charge in [0.25, 0.3) is 0 Å². The number of aliphatic hydroxyl groups excluding tert-OH is 1. The second kappa shape index (κ2) is 7.28. The first-order valence-corrected chi connectivity index (χ1v) is 9.75. The third-order valence-corrected chi connectivity index (χ3v) is 6.11. The largest absolute Gasteiger partial charge is 0.396 e. The average molecular weight is 419 g/mol. The Morgan fingerprint density at radius 3 is 2.76 bits per heavy atom. The smallest absolute Gasteiger partial charge is 0.229 e. The highest BCUT2D eigenvalue weighted by atomic mass is 79.9. The number of aliphatic hydroxyl groups is 1. The Hall–Kier alpha value is -1.68. The minimum absolute atomic E-state index is 0.0309. The molecule has 2 N–H and O–H groups in total. The van der Waals surface area contributed by atoms with Gasteiger partial charge in [0.2, 0.25) is 5.91 Å². The van der Waals surface area contributed by atoms with Crippen LogP contribution < -0.4 is 5.32 Å². The SMILES string of the molecule is C#C[C@@](C)(c1ccc(Br)cc1)c1csc(NC(=O)[C@H]2C[C@@H](CO)C2)n1. The fourth-order valence-corrected chi connectivity index (χ4v) is 4.04. The average Bonchev–Trinajstić information content (AvgIpc) is 3.03. The molecule has 2 aromatic rings. The number of carbonyl (C=O) groups excluding carboxylic acids is 1. The van der Waals surface area contributed by atoms with Gasteiger partial charge in [0.15, 0.2) is 5.13 Å². The number of nitrogens with zero attached hydrogens (tertiary/aromatic N) is 1.